The molecule has 2 aliphatic rings. The lowest BCUT2D eigenvalue weighted by atomic mass is 10.1. The summed E-state index contributed by atoms with van der Waals surface area (Å²) < 4.78 is 64.7. The van der Waals surface area contributed by atoms with E-state index in [1.54, 1.807) is 84.9 Å². The molecule has 0 bridgehead atoms. The lowest BCUT2D eigenvalue weighted by Crippen LogP contribution is -2.05. The molecule has 6 rings (SSSR count). The van der Waals surface area contributed by atoms with Crippen LogP contribution in [0.5, 0.6) is 0 Å². The molecule has 0 saturated carbocycles. The van der Waals surface area contributed by atoms with Crippen molar-refractivity contribution in [3.8, 4) is 0 Å². The molecule has 0 fully saturated rings. The van der Waals surface area contributed by atoms with Crippen LogP contribution >= 0.6 is 7.82 Å². The summed E-state index contributed by atoms with van der Waals surface area (Å²) in [5.74, 6) is -0.133. The quantitative estimate of drug-likeness (QED) is 0.298. The Kier molecular flexibility index (Phi) is 5.96. The largest absolute Gasteiger partial charge is 0.584 e. The minimum absolute atomic E-state index is 0.000243. The molecule has 10 heteroatoms. The predicted octanol–water partition coefficient (Wildman–Crippen LogP) is 6.14. The van der Waals surface area contributed by atoms with Gasteiger partial charge < -0.3 is 9.05 Å². The van der Waals surface area contributed by atoms with Crippen molar-refractivity contribution in [2.75, 3.05) is 0 Å². The second-order valence-corrected chi connectivity index (χ2v) is 13.1. The van der Waals surface area contributed by atoms with Crippen molar-refractivity contribution in [1.29, 1.82) is 0 Å². The molecular formula is C28H19O7PS2. The highest BCUT2D eigenvalue weighted by Crippen LogP contribution is 2.54. The van der Waals surface area contributed by atoms with Gasteiger partial charge in [0.05, 0.1) is 30.4 Å². The predicted molar refractivity (Wildman–Crippen MR) is 144 cm³/mol. The molecule has 0 saturated heterocycles. The Bertz CT molecular complexity index is 1860. The normalized spacial score (nSPS) is 18.5. The molecule has 4 aromatic carbocycles. The standard InChI is InChI=1S/C28H19O7PS2/c29-36(30,34-23-17-19-9-1-5-13-25(19)37(31)26-14-6-3-11-21(23)26)35-24-18-20-10-2-7-15-27(20)38(32,33)28-16-8-4-12-22(24)28/h1-18H,(H,29,30). The second kappa shape index (κ2) is 9.22. The summed E-state index contributed by atoms with van der Waals surface area (Å²) in [7, 11) is -10.4. The van der Waals surface area contributed by atoms with Gasteiger partial charge >= 0.3 is 7.82 Å². The van der Waals surface area contributed by atoms with Gasteiger partial charge in [0.15, 0.2) is 0 Å². The number of hydrogen-bond acceptors (Lipinski definition) is 6. The molecule has 0 aliphatic carbocycles. The lowest BCUT2D eigenvalue weighted by molar-refractivity contribution is 0.264. The van der Waals surface area contributed by atoms with E-state index in [4.69, 9.17) is 9.05 Å². The van der Waals surface area contributed by atoms with Gasteiger partial charge in [-0.25, -0.2) is 17.2 Å². The molecule has 7 nitrogen and oxygen atoms in total. The number of benzene rings is 4. The minimum Gasteiger partial charge on any atom is -0.394 e. The molecule has 190 valence electrons. The van der Waals surface area contributed by atoms with Gasteiger partial charge in [-0.3, -0.25) is 4.89 Å². The Balaban J connectivity index is 1.45. The van der Waals surface area contributed by atoms with E-state index in [9.17, 15) is 22.1 Å². The summed E-state index contributed by atoms with van der Waals surface area (Å²) in [6.07, 6.45) is 2.95. The Morgan fingerprint density at radius 2 is 1.13 bits per heavy atom. The van der Waals surface area contributed by atoms with Crippen molar-refractivity contribution in [3.05, 3.63) is 119 Å². The maximum atomic E-state index is 13.5. The van der Waals surface area contributed by atoms with Crippen molar-refractivity contribution in [2.45, 2.75) is 19.6 Å². The zero-order valence-corrected chi connectivity index (χ0v) is 22.1. The Labute approximate surface area is 221 Å². The zero-order valence-electron chi connectivity index (χ0n) is 19.6. The van der Waals surface area contributed by atoms with E-state index in [2.05, 4.69) is 0 Å². The van der Waals surface area contributed by atoms with Crippen LogP contribution in [-0.4, -0.2) is 17.5 Å². The van der Waals surface area contributed by atoms with Crippen molar-refractivity contribution in [3.63, 3.8) is 0 Å². The van der Waals surface area contributed by atoms with Gasteiger partial charge in [0.1, 0.15) is 11.5 Å². The Hall–Kier alpha value is -3.75. The maximum absolute atomic E-state index is 13.5. The molecule has 1 N–H and O–H groups in total. The number of hydrogen-bond donors (Lipinski definition) is 1. The van der Waals surface area contributed by atoms with Crippen LogP contribution < -0.4 is 0 Å². The molecule has 38 heavy (non-hydrogen) atoms. The van der Waals surface area contributed by atoms with Crippen LogP contribution in [0.4, 0.5) is 0 Å². The number of phosphoric ester groups is 1. The first kappa shape index (κ1) is 24.6. The van der Waals surface area contributed by atoms with Crippen LogP contribution in [0.2, 0.25) is 0 Å². The second-order valence-electron chi connectivity index (χ2n) is 8.51. The summed E-state index contributed by atoms with van der Waals surface area (Å²) >= 11 is 0. The smallest absolute Gasteiger partial charge is 0.394 e. The molecular weight excluding hydrogens is 543 g/mol. The third-order valence-corrected chi connectivity index (χ3v) is 10.4. The summed E-state index contributed by atoms with van der Waals surface area (Å²) in [5.41, 5.74) is 1.38. The van der Waals surface area contributed by atoms with E-state index in [0.29, 0.717) is 26.5 Å². The molecule has 0 spiro atoms. The summed E-state index contributed by atoms with van der Waals surface area (Å²) in [6.45, 7) is 0. The van der Waals surface area contributed by atoms with Gasteiger partial charge in [-0.05, 0) is 53.6 Å². The molecule has 2 heterocycles. The fraction of sp³-hybridized carbons (Fsp3) is 0. The molecule has 2 aliphatic heterocycles. The molecule has 2 unspecified atom stereocenters. The fourth-order valence-corrected chi connectivity index (χ4v) is 8.28. The molecule has 0 amide bonds. The first-order chi connectivity index (χ1) is 18.2. The van der Waals surface area contributed by atoms with Gasteiger partial charge in [0.25, 0.3) is 0 Å². The van der Waals surface area contributed by atoms with Crippen LogP contribution in [-0.2, 0) is 34.2 Å². The molecule has 4 aromatic rings. The monoisotopic (exact) mass is 562 g/mol. The lowest BCUT2D eigenvalue weighted by Gasteiger charge is -2.19. The van der Waals surface area contributed by atoms with Crippen LogP contribution in [0.1, 0.15) is 22.3 Å². The number of sulfone groups is 1. The van der Waals surface area contributed by atoms with E-state index in [0.717, 1.165) is 0 Å². The van der Waals surface area contributed by atoms with Gasteiger partial charge in [-0.2, -0.15) is 0 Å². The minimum atomic E-state index is -4.89. The molecule has 0 aromatic heterocycles. The summed E-state index contributed by atoms with van der Waals surface area (Å²) in [6, 6.07) is 26.2. The number of fused-ring (bicyclic) bond motifs is 4. The highest BCUT2D eigenvalue weighted by Gasteiger charge is 2.35. The number of rotatable bonds is 4. The van der Waals surface area contributed by atoms with Crippen LogP contribution in [0.3, 0.4) is 0 Å². The highest BCUT2D eigenvalue weighted by molar-refractivity contribution is 7.91. The van der Waals surface area contributed by atoms with E-state index in [-0.39, 0.29) is 26.9 Å². The average molecular weight is 563 g/mol. The summed E-state index contributed by atoms with van der Waals surface area (Å²) in [5, 5.41) is 0. The van der Waals surface area contributed by atoms with Crippen molar-refractivity contribution >= 4 is 52.1 Å². The van der Waals surface area contributed by atoms with E-state index < -0.39 is 28.5 Å². The first-order valence-electron chi connectivity index (χ1n) is 11.4. The highest BCUT2D eigenvalue weighted by atomic mass is 32.2. The van der Waals surface area contributed by atoms with Gasteiger partial charge in [-0.15, -0.1) is 0 Å². The van der Waals surface area contributed by atoms with Crippen molar-refractivity contribution in [1.82, 2.24) is 0 Å². The Morgan fingerprint density at radius 3 is 1.87 bits per heavy atom. The van der Waals surface area contributed by atoms with Crippen LogP contribution in [0.25, 0.3) is 23.7 Å². The average Bonchev–Trinajstić information content (AvgIpc) is 3.08. The van der Waals surface area contributed by atoms with E-state index in [1.807, 2.05) is 0 Å². The Morgan fingerprint density at radius 1 is 0.632 bits per heavy atom. The molecule has 0 radical (unpaired) electrons. The van der Waals surface area contributed by atoms with Gasteiger partial charge in [0, 0.05) is 11.1 Å². The van der Waals surface area contributed by atoms with Crippen molar-refractivity contribution in [2.24, 2.45) is 0 Å². The fourth-order valence-electron chi connectivity index (χ4n) is 4.44. The first-order valence-corrected chi connectivity index (χ1v) is 15.6. The van der Waals surface area contributed by atoms with E-state index in [1.165, 1.54) is 24.3 Å². The topological polar surface area (TPSA) is 107 Å². The van der Waals surface area contributed by atoms with Gasteiger partial charge in [-0.1, -0.05) is 66.7 Å². The third kappa shape index (κ3) is 4.23. The summed E-state index contributed by atoms with van der Waals surface area (Å²) in [4.78, 5) is 11.9. The third-order valence-electron chi connectivity index (χ3n) is 6.12. The number of phosphoric acid groups is 1. The van der Waals surface area contributed by atoms with Gasteiger partial charge in [0.2, 0.25) is 9.84 Å². The van der Waals surface area contributed by atoms with Crippen LogP contribution in [0.15, 0.2) is 117 Å². The van der Waals surface area contributed by atoms with Crippen LogP contribution in [0, 0.1) is 0 Å². The van der Waals surface area contributed by atoms with E-state index >= 15 is 0 Å². The SMILES string of the molecule is O=S1c2ccccc2C=C(OP(=O)(O)OC2=Cc3ccccc3S(=O)(=O)c3ccccc32)c2ccccc21. The molecule has 2 atom stereocenters. The maximum Gasteiger partial charge on any atom is 0.584 e. The van der Waals surface area contributed by atoms with Crippen molar-refractivity contribution < 1.29 is 31.1 Å². The zero-order chi connectivity index (χ0) is 26.5.